The number of urea groups is 1. The smallest absolute Gasteiger partial charge is 0.319 e. The summed E-state index contributed by atoms with van der Waals surface area (Å²) >= 11 is 3.36. The van der Waals surface area contributed by atoms with Crippen LogP contribution in [-0.2, 0) is 17.9 Å². The quantitative estimate of drug-likeness (QED) is 0.804. The third-order valence-corrected chi connectivity index (χ3v) is 3.65. The molecule has 2 aromatic rings. The molecule has 5 heteroatoms. The van der Waals surface area contributed by atoms with E-state index in [2.05, 4.69) is 26.6 Å². The molecule has 0 heterocycles. The summed E-state index contributed by atoms with van der Waals surface area (Å²) in [5, 5.41) is 5.66. The van der Waals surface area contributed by atoms with Crippen LogP contribution in [0.3, 0.4) is 0 Å². The van der Waals surface area contributed by atoms with Gasteiger partial charge < -0.3 is 15.4 Å². The lowest BCUT2D eigenvalue weighted by atomic mass is 10.1. The molecule has 0 aliphatic carbocycles. The van der Waals surface area contributed by atoms with Gasteiger partial charge in [-0.3, -0.25) is 0 Å². The van der Waals surface area contributed by atoms with Crippen molar-refractivity contribution in [3.63, 3.8) is 0 Å². The van der Waals surface area contributed by atoms with Crippen LogP contribution >= 0.6 is 15.9 Å². The standard InChI is InChI=1S/C17H19BrN2O2/c1-2-22-12-14-6-4-3-5-13(14)11-19-17(21)20-16-9-7-15(18)8-10-16/h3-10H,2,11-12H2,1H3,(H2,19,20,21). The maximum absolute atomic E-state index is 11.9. The molecule has 0 spiro atoms. The third-order valence-electron chi connectivity index (χ3n) is 3.12. The maximum atomic E-state index is 11.9. The zero-order valence-corrected chi connectivity index (χ0v) is 14.0. The highest BCUT2D eigenvalue weighted by Gasteiger charge is 2.05. The number of amides is 2. The molecule has 0 fully saturated rings. The Labute approximate surface area is 139 Å². The first-order chi connectivity index (χ1) is 10.7. The van der Waals surface area contributed by atoms with Gasteiger partial charge in [-0.25, -0.2) is 4.79 Å². The summed E-state index contributed by atoms with van der Waals surface area (Å²) in [4.78, 5) is 11.9. The van der Waals surface area contributed by atoms with Gasteiger partial charge in [-0.1, -0.05) is 40.2 Å². The number of halogens is 1. The largest absolute Gasteiger partial charge is 0.377 e. The Hall–Kier alpha value is -1.85. The van der Waals surface area contributed by atoms with E-state index in [1.807, 2.05) is 55.5 Å². The summed E-state index contributed by atoms with van der Waals surface area (Å²) in [6, 6.07) is 15.2. The summed E-state index contributed by atoms with van der Waals surface area (Å²) in [6.07, 6.45) is 0. The highest BCUT2D eigenvalue weighted by Crippen LogP contribution is 2.14. The second kappa shape index (κ2) is 8.56. The van der Waals surface area contributed by atoms with E-state index in [0.29, 0.717) is 19.8 Å². The number of hydrogen-bond acceptors (Lipinski definition) is 2. The van der Waals surface area contributed by atoms with Gasteiger partial charge in [0, 0.05) is 23.3 Å². The number of benzene rings is 2. The Bertz CT molecular complexity index is 614. The first kappa shape index (κ1) is 16.5. The van der Waals surface area contributed by atoms with Crippen LogP contribution < -0.4 is 10.6 Å². The Morgan fingerprint density at radius 1 is 1.09 bits per heavy atom. The summed E-state index contributed by atoms with van der Waals surface area (Å²) in [6.45, 7) is 3.66. The number of carbonyl (C=O) groups excluding carboxylic acids is 1. The van der Waals surface area contributed by atoms with Crippen LogP contribution in [0.4, 0.5) is 10.5 Å². The van der Waals surface area contributed by atoms with Crippen molar-refractivity contribution in [1.82, 2.24) is 5.32 Å². The van der Waals surface area contributed by atoms with Crippen LogP contribution in [0.1, 0.15) is 18.1 Å². The normalized spacial score (nSPS) is 10.3. The lowest BCUT2D eigenvalue weighted by Gasteiger charge is -2.11. The topological polar surface area (TPSA) is 50.4 Å². The second-order valence-electron chi connectivity index (χ2n) is 4.72. The summed E-state index contributed by atoms with van der Waals surface area (Å²) in [7, 11) is 0. The van der Waals surface area contributed by atoms with Gasteiger partial charge in [-0.2, -0.15) is 0 Å². The van der Waals surface area contributed by atoms with Gasteiger partial charge in [0.15, 0.2) is 0 Å². The molecule has 2 N–H and O–H groups in total. The number of nitrogens with one attached hydrogen (secondary N) is 2. The van der Waals surface area contributed by atoms with Crippen molar-refractivity contribution in [2.45, 2.75) is 20.1 Å². The van der Waals surface area contributed by atoms with Crippen LogP contribution in [-0.4, -0.2) is 12.6 Å². The first-order valence-electron chi connectivity index (χ1n) is 7.14. The first-order valence-corrected chi connectivity index (χ1v) is 7.93. The van der Waals surface area contributed by atoms with Crippen molar-refractivity contribution in [3.05, 3.63) is 64.1 Å². The Kier molecular flexibility index (Phi) is 6.43. The summed E-state index contributed by atoms with van der Waals surface area (Å²) < 4.78 is 6.42. The predicted molar refractivity (Wildman–Crippen MR) is 91.8 cm³/mol. The van der Waals surface area contributed by atoms with E-state index in [-0.39, 0.29) is 6.03 Å². The fraction of sp³-hybridized carbons (Fsp3) is 0.235. The van der Waals surface area contributed by atoms with Crippen LogP contribution in [0.15, 0.2) is 53.0 Å². The summed E-state index contributed by atoms with van der Waals surface area (Å²) in [5.74, 6) is 0. The van der Waals surface area contributed by atoms with Gasteiger partial charge in [-0.05, 0) is 42.3 Å². The molecule has 0 bridgehead atoms. The minimum absolute atomic E-state index is 0.228. The van der Waals surface area contributed by atoms with Crippen molar-refractivity contribution in [2.75, 3.05) is 11.9 Å². The van der Waals surface area contributed by atoms with Gasteiger partial charge in [0.2, 0.25) is 0 Å². The Balaban J connectivity index is 1.89. The number of anilines is 1. The predicted octanol–water partition coefficient (Wildman–Crippen LogP) is 4.31. The van der Waals surface area contributed by atoms with Crippen molar-refractivity contribution >= 4 is 27.6 Å². The number of carbonyl (C=O) groups is 1. The molecule has 0 radical (unpaired) electrons. The van der Waals surface area contributed by atoms with Crippen molar-refractivity contribution in [1.29, 1.82) is 0 Å². The second-order valence-corrected chi connectivity index (χ2v) is 5.64. The molecular weight excluding hydrogens is 344 g/mol. The molecule has 2 amide bonds. The molecule has 0 aliphatic rings. The highest BCUT2D eigenvalue weighted by atomic mass is 79.9. The molecule has 2 rings (SSSR count). The van der Waals surface area contributed by atoms with Gasteiger partial charge in [-0.15, -0.1) is 0 Å². The van der Waals surface area contributed by atoms with Crippen LogP contribution in [0.2, 0.25) is 0 Å². The van der Waals surface area contributed by atoms with E-state index in [9.17, 15) is 4.79 Å². The lowest BCUT2D eigenvalue weighted by Crippen LogP contribution is -2.28. The van der Waals surface area contributed by atoms with Crippen molar-refractivity contribution in [3.8, 4) is 0 Å². The molecule has 116 valence electrons. The zero-order valence-electron chi connectivity index (χ0n) is 12.4. The van der Waals surface area contributed by atoms with E-state index >= 15 is 0 Å². The zero-order chi connectivity index (χ0) is 15.8. The molecule has 2 aromatic carbocycles. The van der Waals surface area contributed by atoms with Gasteiger partial charge >= 0.3 is 6.03 Å². The molecule has 22 heavy (non-hydrogen) atoms. The van der Waals surface area contributed by atoms with E-state index in [4.69, 9.17) is 4.74 Å². The van der Waals surface area contributed by atoms with Crippen molar-refractivity contribution in [2.24, 2.45) is 0 Å². The van der Waals surface area contributed by atoms with Crippen LogP contribution in [0.25, 0.3) is 0 Å². The SMILES string of the molecule is CCOCc1ccccc1CNC(=O)Nc1ccc(Br)cc1. The highest BCUT2D eigenvalue weighted by molar-refractivity contribution is 9.10. The number of ether oxygens (including phenoxy) is 1. The molecule has 0 atom stereocenters. The monoisotopic (exact) mass is 362 g/mol. The summed E-state index contributed by atoms with van der Waals surface area (Å²) in [5.41, 5.74) is 2.90. The van der Waals surface area contributed by atoms with E-state index in [1.165, 1.54) is 0 Å². The number of rotatable bonds is 6. The fourth-order valence-corrected chi connectivity index (χ4v) is 2.23. The number of hydrogen-bond donors (Lipinski definition) is 2. The Morgan fingerprint density at radius 2 is 1.77 bits per heavy atom. The van der Waals surface area contributed by atoms with Gasteiger partial charge in [0.1, 0.15) is 0 Å². The van der Waals surface area contributed by atoms with E-state index in [1.54, 1.807) is 0 Å². The van der Waals surface area contributed by atoms with E-state index < -0.39 is 0 Å². The van der Waals surface area contributed by atoms with Gasteiger partial charge in [0.05, 0.1) is 6.61 Å². The third kappa shape index (κ3) is 5.16. The van der Waals surface area contributed by atoms with Crippen molar-refractivity contribution < 1.29 is 9.53 Å². The van der Waals surface area contributed by atoms with E-state index in [0.717, 1.165) is 21.3 Å². The Morgan fingerprint density at radius 3 is 2.45 bits per heavy atom. The molecule has 4 nitrogen and oxygen atoms in total. The lowest BCUT2D eigenvalue weighted by molar-refractivity contribution is 0.133. The molecule has 0 saturated heterocycles. The minimum Gasteiger partial charge on any atom is -0.377 e. The molecular formula is C17H19BrN2O2. The average molecular weight is 363 g/mol. The van der Waals surface area contributed by atoms with Gasteiger partial charge in [0.25, 0.3) is 0 Å². The average Bonchev–Trinajstić information content (AvgIpc) is 2.54. The molecule has 0 saturated carbocycles. The molecule has 0 unspecified atom stereocenters. The van der Waals surface area contributed by atoms with Crippen LogP contribution in [0, 0.1) is 0 Å². The maximum Gasteiger partial charge on any atom is 0.319 e. The molecule has 0 aliphatic heterocycles. The molecule has 0 aromatic heterocycles. The fourth-order valence-electron chi connectivity index (χ4n) is 1.97. The minimum atomic E-state index is -0.228. The van der Waals surface area contributed by atoms with Crippen LogP contribution in [0.5, 0.6) is 0 Å².